The minimum atomic E-state index is -0.0898. The molecule has 1 rings (SSSR count). The minimum absolute atomic E-state index is 0.0898. The second-order valence-electron chi connectivity index (χ2n) is 5.59. The molecule has 1 aromatic carbocycles. The van der Waals surface area contributed by atoms with E-state index >= 15 is 0 Å². The number of benzene rings is 1. The minimum Gasteiger partial charge on any atom is -0.292 e. The van der Waals surface area contributed by atoms with Gasteiger partial charge in [-0.1, -0.05) is 31.4 Å². The second-order valence-corrected chi connectivity index (χ2v) is 6.02. The van der Waals surface area contributed by atoms with Gasteiger partial charge in [0.2, 0.25) is 0 Å². The first-order valence-electron chi connectivity index (χ1n) is 7.52. The molecule has 112 valence electrons. The van der Waals surface area contributed by atoms with Crippen LogP contribution in [0.2, 0.25) is 5.02 Å². The number of nitrogens with zero attached hydrogens (tertiary/aromatic N) is 1. The van der Waals surface area contributed by atoms with E-state index in [1.165, 1.54) is 12.8 Å². The van der Waals surface area contributed by atoms with Crippen molar-refractivity contribution in [3.8, 4) is 0 Å². The standard InChI is InChI=1S/C17H26ClNO/c1-5-6-7-12-19(13(2)3)14(4)17(20)15-8-10-16(18)11-9-15/h8-11,13-14H,5-7,12H2,1-4H3. The molecule has 1 atom stereocenters. The van der Waals surface area contributed by atoms with Crippen molar-refractivity contribution in [2.24, 2.45) is 0 Å². The van der Waals surface area contributed by atoms with E-state index in [0.29, 0.717) is 11.1 Å². The normalized spacial score (nSPS) is 12.9. The van der Waals surface area contributed by atoms with Gasteiger partial charge in [-0.3, -0.25) is 9.69 Å². The fourth-order valence-electron chi connectivity index (χ4n) is 2.45. The van der Waals surface area contributed by atoms with E-state index in [0.717, 1.165) is 18.5 Å². The van der Waals surface area contributed by atoms with E-state index in [1.54, 1.807) is 12.1 Å². The van der Waals surface area contributed by atoms with Gasteiger partial charge >= 0.3 is 0 Å². The molecule has 0 aliphatic heterocycles. The third-order valence-electron chi connectivity index (χ3n) is 3.69. The lowest BCUT2D eigenvalue weighted by Crippen LogP contribution is -2.44. The highest BCUT2D eigenvalue weighted by Gasteiger charge is 2.24. The number of carbonyl (C=O) groups excluding carboxylic acids is 1. The third kappa shape index (κ3) is 4.92. The van der Waals surface area contributed by atoms with Gasteiger partial charge in [0.25, 0.3) is 0 Å². The molecule has 0 aliphatic carbocycles. The van der Waals surface area contributed by atoms with Crippen molar-refractivity contribution in [2.45, 2.75) is 59.0 Å². The average molecular weight is 296 g/mol. The summed E-state index contributed by atoms with van der Waals surface area (Å²) in [5, 5.41) is 0.665. The molecular formula is C17H26ClNO. The second kappa shape index (κ2) is 8.43. The number of rotatable bonds is 8. The molecule has 0 saturated carbocycles. The smallest absolute Gasteiger partial charge is 0.179 e. The Hall–Kier alpha value is -0.860. The lowest BCUT2D eigenvalue weighted by atomic mass is 10.0. The zero-order valence-electron chi connectivity index (χ0n) is 13.0. The number of ketones is 1. The number of hydrogen-bond acceptors (Lipinski definition) is 2. The quantitative estimate of drug-likeness (QED) is 0.506. The van der Waals surface area contributed by atoms with Crippen LogP contribution in [-0.4, -0.2) is 29.3 Å². The predicted molar refractivity (Wildman–Crippen MR) is 86.6 cm³/mol. The van der Waals surface area contributed by atoms with Crippen LogP contribution in [-0.2, 0) is 0 Å². The van der Waals surface area contributed by atoms with Crippen LogP contribution >= 0.6 is 11.6 Å². The summed E-state index contributed by atoms with van der Waals surface area (Å²) in [6.45, 7) is 9.48. The molecule has 0 saturated heterocycles. The van der Waals surface area contributed by atoms with Crippen molar-refractivity contribution in [3.05, 3.63) is 34.9 Å². The molecule has 0 fully saturated rings. The number of Topliss-reactive ketones (excluding diaryl/α,β-unsaturated/α-hetero) is 1. The first kappa shape index (κ1) is 17.2. The molecule has 3 heteroatoms. The molecule has 1 aromatic rings. The van der Waals surface area contributed by atoms with Crippen LogP contribution in [0.4, 0.5) is 0 Å². The van der Waals surface area contributed by atoms with Gasteiger partial charge in [0.15, 0.2) is 5.78 Å². The molecule has 1 unspecified atom stereocenters. The van der Waals surface area contributed by atoms with Crippen LogP contribution in [0, 0.1) is 0 Å². The molecule has 0 radical (unpaired) electrons. The Morgan fingerprint density at radius 1 is 1.15 bits per heavy atom. The predicted octanol–water partition coefficient (Wildman–Crippen LogP) is 4.81. The number of unbranched alkanes of at least 4 members (excludes halogenated alkanes) is 2. The molecule has 0 aromatic heterocycles. The van der Waals surface area contributed by atoms with E-state index in [-0.39, 0.29) is 11.8 Å². The zero-order valence-corrected chi connectivity index (χ0v) is 13.8. The van der Waals surface area contributed by atoms with E-state index in [4.69, 9.17) is 11.6 Å². The van der Waals surface area contributed by atoms with Crippen molar-refractivity contribution in [3.63, 3.8) is 0 Å². The molecule has 0 spiro atoms. The van der Waals surface area contributed by atoms with Gasteiger partial charge < -0.3 is 0 Å². The topological polar surface area (TPSA) is 20.3 Å². The lowest BCUT2D eigenvalue weighted by molar-refractivity contribution is 0.0785. The van der Waals surface area contributed by atoms with Crippen LogP contribution < -0.4 is 0 Å². The maximum Gasteiger partial charge on any atom is 0.179 e. The Morgan fingerprint density at radius 3 is 2.25 bits per heavy atom. The van der Waals surface area contributed by atoms with Crippen molar-refractivity contribution >= 4 is 17.4 Å². The number of halogens is 1. The van der Waals surface area contributed by atoms with Gasteiger partial charge in [-0.25, -0.2) is 0 Å². The Balaban J connectivity index is 2.75. The molecule has 2 nitrogen and oxygen atoms in total. The summed E-state index contributed by atoms with van der Waals surface area (Å²) in [6.07, 6.45) is 3.56. The molecule has 0 N–H and O–H groups in total. The van der Waals surface area contributed by atoms with Gasteiger partial charge in [-0.15, -0.1) is 0 Å². The molecule has 0 amide bonds. The highest BCUT2D eigenvalue weighted by atomic mass is 35.5. The monoisotopic (exact) mass is 295 g/mol. The van der Waals surface area contributed by atoms with E-state index < -0.39 is 0 Å². The zero-order chi connectivity index (χ0) is 15.1. The summed E-state index contributed by atoms with van der Waals surface area (Å²) in [4.78, 5) is 14.8. The maximum absolute atomic E-state index is 12.5. The Labute approximate surface area is 128 Å². The third-order valence-corrected chi connectivity index (χ3v) is 3.94. The van der Waals surface area contributed by atoms with Crippen LogP contribution in [0.15, 0.2) is 24.3 Å². The summed E-state index contributed by atoms with van der Waals surface area (Å²) >= 11 is 5.87. The molecule has 0 heterocycles. The summed E-state index contributed by atoms with van der Waals surface area (Å²) in [5.41, 5.74) is 0.739. The van der Waals surface area contributed by atoms with Crippen molar-refractivity contribution in [2.75, 3.05) is 6.54 Å². The highest BCUT2D eigenvalue weighted by molar-refractivity contribution is 6.30. The van der Waals surface area contributed by atoms with E-state index in [2.05, 4.69) is 25.7 Å². The van der Waals surface area contributed by atoms with E-state index in [1.807, 2.05) is 19.1 Å². The summed E-state index contributed by atoms with van der Waals surface area (Å²) in [7, 11) is 0. The fraction of sp³-hybridized carbons (Fsp3) is 0.588. The largest absolute Gasteiger partial charge is 0.292 e. The summed E-state index contributed by atoms with van der Waals surface area (Å²) < 4.78 is 0. The molecule has 20 heavy (non-hydrogen) atoms. The Morgan fingerprint density at radius 2 is 1.75 bits per heavy atom. The lowest BCUT2D eigenvalue weighted by Gasteiger charge is -2.31. The summed E-state index contributed by atoms with van der Waals surface area (Å²) in [6, 6.07) is 7.46. The first-order chi connectivity index (χ1) is 9.47. The number of hydrogen-bond donors (Lipinski definition) is 0. The van der Waals surface area contributed by atoms with Gasteiger partial charge in [-0.2, -0.15) is 0 Å². The van der Waals surface area contributed by atoms with Crippen molar-refractivity contribution in [1.29, 1.82) is 0 Å². The SMILES string of the molecule is CCCCCN(C(C)C)C(C)C(=O)c1ccc(Cl)cc1. The first-order valence-corrected chi connectivity index (χ1v) is 7.90. The van der Waals surface area contributed by atoms with Crippen LogP contribution in [0.5, 0.6) is 0 Å². The van der Waals surface area contributed by atoms with Gasteiger partial charge in [-0.05, 0) is 58.0 Å². The summed E-state index contributed by atoms with van der Waals surface area (Å²) in [5.74, 6) is 0.173. The van der Waals surface area contributed by atoms with E-state index in [9.17, 15) is 4.79 Å². The van der Waals surface area contributed by atoms with Crippen molar-refractivity contribution < 1.29 is 4.79 Å². The fourth-order valence-corrected chi connectivity index (χ4v) is 2.58. The highest BCUT2D eigenvalue weighted by Crippen LogP contribution is 2.16. The van der Waals surface area contributed by atoms with Gasteiger partial charge in [0.1, 0.15) is 0 Å². The Kier molecular flexibility index (Phi) is 7.25. The van der Waals surface area contributed by atoms with Crippen LogP contribution in [0.1, 0.15) is 57.3 Å². The van der Waals surface area contributed by atoms with Gasteiger partial charge in [0, 0.05) is 16.6 Å². The van der Waals surface area contributed by atoms with Crippen LogP contribution in [0.25, 0.3) is 0 Å². The molecule has 0 bridgehead atoms. The maximum atomic E-state index is 12.5. The molecular weight excluding hydrogens is 270 g/mol. The average Bonchev–Trinajstić information content (AvgIpc) is 2.42. The van der Waals surface area contributed by atoms with Gasteiger partial charge in [0.05, 0.1) is 6.04 Å². The molecule has 0 aliphatic rings. The Bertz CT molecular complexity index is 414. The van der Waals surface area contributed by atoms with Crippen LogP contribution in [0.3, 0.4) is 0 Å². The van der Waals surface area contributed by atoms with Crippen molar-refractivity contribution in [1.82, 2.24) is 4.90 Å². The number of carbonyl (C=O) groups is 1.